The van der Waals surface area contributed by atoms with Gasteiger partial charge in [0.1, 0.15) is 6.61 Å². The minimum absolute atomic E-state index is 0.216. The second-order valence-electron chi connectivity index (χ2n) is 4.51. The fourth-order valence-electron chi connectivity index (χ4n) is 1.43. The van der Waals surface area contributed by atoms with E-state index in [0.717, 1.165) is 6.07 Å². The average Bonchev–Trinajstić information content (AvgIpc) is 2.34. The molecule has 0 saturated heterocycles. The first-order valence-corrected chi connectivity index (χ1v) is 5.96. The molecule has 0 aliphatic carbocycles. The molecule has 0 bridgehead atoms. The van der Waals surface area contributed by atoms with Crippen molar-refractivity contribution >= 4 is 17.6 Å². The summed E-state index contributed by atoms with van der Waals surface area (Å²) in [5, 5.41) is 11.0. The van der Waals surface area contributed by atoms with Crippen LogP contribution in [0.5, 0.6) is 0 Å². The monoisotopic (exact) mass is 305 g/mol. The maximum absolute atomic E-state index is 12.7. The van der Waals surface area contributed by atoms with E-state index in [1.54, 1.807) is 13.8 Å². The number of aromatic carboxylic acids is 1. The van der Waals surface area contributed by atoms with E-state index >= 15 is 0 Å². The van der Waals surface area contributed by atoms with Crippen molar-refractivity contribution in [3.8, 4) is 0 Å². The van der Waals surface area contributed by atoms with Gasteiger partial charge in [-0.2, -0.15) is 13.2 Å². The summed E-state index contributed by atoms with van der Waals surface area (Å²) >= 11 is 0. The minimum Gasteiger partial charge on any atom is -0.478 e. The number of alkyl halides is 3. The molecule has 0 radical (unpaired) electrons. The van der Waals surface area contributed by atoms with Gasteiger partial charge in [0.15, 0.2) is 0 Å². The summed E-state index contributed by atoms with van der Waals surface area (Å²) in [6, 6.07) is 2.12. The molecule has 0 fully saturated rings. The molecular weight excluding hydrogens is 291 g/mol. The topological polar surface area (TPSA) is 75.6 Å². The summed E-state index contributed by atoms with van der Waals surface area (Å²) in [6.45, 7) is 3.05. The first-order valence-electron chi connectivity index (χ1n) is 5.96. The predicted molar refractivity (Wildman–Crippen MR) is 68.1 cm³/mol. The van der Waals surface area contributed by atoms with Crippen molar-refractivity contribution < 1.29 is 32.6 Å². The maximum Gasteiger partial charge on any atom is 0.416 e. The van der Waals surface area contributed by atoms with Crippen molar-refractivity contribution in [3.63, 3.8) is 0 Å². The Hall–Kier alpha value is -2.09. The molecule has 1 rings (SSSR count). The van der Waals surface area contributed by atoms with Crippen LogP contribution in [0.1, 0.15) is 29.8 Å². The summed E-state index contributed by atoms with van der Waals surface area (Å²) in [5.74, 6) is -2.19. The molecule has 0 aromatic heterocycles. The Bertz CT molecular complexity index is 541. The molecular formula is C13H14F3NO4. The smallest absolute Gasteiger partial charge is 0.416 e. The van der Waals surface area contributed by atoms with E-state index in [4.69, 9.17) is 9.84 Å². The maximum atomic E-state index is 12.7. The van der Waals surface area contributed by atoms with Crippen molar-refractivity contribution in [2.45, 2.75) is 26.1 Å². The van der Waals surface area contributed by atoms with Crippen molar-refractivity contribution in [2.75, 3.05) is 11.9 Å². The number of anilines is 1. The molecule has 8 heteroatoms. The second-order valence-corrected chi connectivity index (χ2v) is 4.51. The zero-order valence-electron chi connectivity index (χ0n) is 11.3. The molecule has 116 valence electrons. The third-order valence-electron chi connectivity index (χ3n) is 2.34. The van der Waals surface area contributed by atoms with Gasteiger partial charge in [-0.1, -0.05) is 0 Å². The van der Waals surface area contributed by atoms with E-state index in [0.29, 0.717) is 12.1 Å². The minimum atomic E-state index is -4.71. The first-order chi connectivity index (χ1) is 9.59. The van der Waals surface area contributed by atoms with E-state index < -0.39 is 29.2 Å². The van der Waals surface area contributed by atoms with Gasteiger partial charge < -0.3 is 15.2 Å². The van der Waals surface area contributed by atoms with Gasteiger partial charge in [-0.05, 0) is 32.0 Å². The summed E-state index contributed by atoms with van der Waals surface area (Å²) in [5.41, 5.74) is -1.97. The van der Waals surface area contributed by atoms with Crippen LogP contribution < -0.4 is 5.32 Å². The molecule has 21 heavy (non-hydrogen) atoms. The van der Waals surface area contributed by atoms with Crippen LogP contribution in [0.3, 0.4) is 0 Å². The van der Waals surface area contributed by atoms with Crippen LogP contribution in [-0.4, -0.2) is 29.7 Å². The van der Waals surface area contributed by atoms with Gasteiger partial charge in [0.25, 0.3) is 0 Å². The summed E-state index contributed by atoms with van der Waals surface area (Å²) in [6.07, 6.45) is -4.92. The lowest BCUT2D eigenvalue weighted by molar-refractivity contribution is -0.137. The third kappa shape index (κ3) is 5.42. The lowest BCUT2D eigenvalue weighted by Crippen LogP contribution is -2.21. The van der Waals surface area contributed by atoms with Crippen LogP contribution >= 0.6 is 0 Å². The number of amides is 1. The van der Waals surface area contributed by atoms with Gasteiger partial charge in [-0.3, -0.25) is 4.79 Å². The number of carbonyl (C=O) groups excluding carboxylic acids is 1. The van der Waals surface area contributed by atoms with E-state index in [2.05, 4.69) is 5.32 Å². The number of hydrogen-bond donors (Lipinski definition) is 2. The molecule has 0 unspecified atom stereocenters. The molecule has 0 saturated carbocycles. The Labute approximate surface area is 118 Å². The normalized spacial score (nSPS) is 11.5. The van der Waals surface area contributed by atoms with Crippen molar-refractivity contribution in [2.24, 2.45) is 0 Å². The third-order valence-corrected chi connectivity index (χ3v) is 2.34. The number of carboxylic acids is 1. The van der Waals surface area contributed by atoms with Crippen molar-refractivity contribution in [3.05, 3.63) is 29.3 Å². The van der Waals surface area contributed by atoms with E-state index in [-0.39, 0.29) is 18.4 Å². The zero-order valence-corrected chi connectivity index (χ0v) is 11.3. The number of benzene rings is 1. The van der Waals surface area contributed by atoms with Gasteiger partial charge in [0.05, 0.1) is 17.2 Å². The Morgan fingerprint density at radius 2 is 1.90 bits per heavy atom. The first kappa shape index (κ1) is 17.0. The largest absolute Gasteiger partial charge is 0.478 e. The highest BCUT2D eigenvalue weighted by Gasteiger charge is 2.32. The lowest BCUT2D eigenvalue weighted by Gasteiger charge is -2.12. The predicted octanol–water partition coefficient (Wildman–Crippen LogP) is 2.77. The van der Waals surface area contributed by atoms with E-state index in [1.165, 1.54) is 0 Å². The fraction of sp³-hybridized carbons (Fsp3) is 0.385. The van der Waals surface area contributed by atoms with Crippen molar-refractivity contribution in [1.29, 1.82) is 0 Å². The molecule has 1 amide bonds. The SMILES string of the molecule is CC(C)OCC(=O)Nc1cc(C(=O)O)cc(C(F)(F)F)c1. The quantitative estimate of drug-likeness (QED) is 0.877. The number of carbonyl (C=O) groups is 2. The molecule has 0 aliphatic heterocycles. The fourth-order valence-corrected chi connectivity index (χ4v) is 1.43. The van der Waals surface area contributed by atoms with Crippen LogP contribution in [0.2, 0.25) is 0 Å². The molecule has 0 atom stereocenters. The molecule has 5 nitrogen and oxygen atoms in total. The van der Waals surface area contributed by atoms with Gasteiger partial charge in [0.2, 0.25) is 5.91 Å². The highest BCUT2D eigenvalue weighted by Crippen LogP contribution is 2.32. The summed E-state index contributed by atoms with van der Waals surface area (Å²) in [7, 11) is 0. The van der Waals surface area contributed by atoms with Gasteiger partial charge >= 0.3 is 12.1 Å². The number of hydrogen-bond acceptors (Lipinski definition) is 3. The van der Waals surface area contributed by atoms with Gasteiger partial charge in [0, 0.05) is 5.69 Å². The molecule has 0 spiro atoms. The second kappa shape index (κ2) is 6.57. The number of rotatable bonds is 5. The van der Waals surface area contributed by atoms with Crippen LogP contribution in [-0.2, 0) is 15.7 Å². The number of halogens is 3. The number of nitrogens with one attached hydrogen (secondary N) is 1. The summed E-state index contributed by atoms with van der Waals surface area (Å²) in [4.78, 5) is 22.3. The Morgan fingerprint density at radius 3 is 2.38 bits per heavy atom. The number of ether oxygens (including phenoxy) is 1. The Balaban J connectivity index is 2.98. The Morgan fingerprint density at radius 1 is 1.29 bits per heavy atom. The average molecular weight is 305 g/mol. The molecule has 0 aliphatic rings. The highest BCUT2D eigenvalue weighted by molar-refractivity contribution is 5.94. The van der Waals surface area contributed by atoms with Crippen LogP contribution in [0.25, 0.3) is 0 Å². The Kier molecular flexibility index (Phi) is 5.31. The molecule has 0 heterocycles. The zero-order chi connectivity index (χ0) is 16.2. The van der Waals surface area contributed by atoms with Crippen molar-refractivity contribution in [1.82, 2.24) is 0 Å². The standard InChI is InChI=1S/C13H14F3NO4/c1-7(2)21-6-11(18)17-10-4-8(12(19)20)3-9(5-10)13(14,15)16/h3-5,7H,6H2,1-2H3,(H,17,18)(H,19,20). The van der Waals surface area contributed by atoms with Gasteiger partial charge in [-0.25, -0.2) is 4.79 Å². The van der Waals surface area contributed by atoms with E-state index in [9.17, 15) is 22.8 Å². The lowest BCUT2D eigenvalue weighted by atomic mass is 10.1. The summed E-state index contributed by atoms with van der Waals surface area (Å²) < 4.78 is 43.0. The highest BCUT2D eigenvalue weighted by atomic mass is 19.4. The molecule has 2 N–H and O–H groups in total. The van der Waals surface area contributed by atoms with Gasteiger partial charge in [-0.15, -0.1) is 0 Å². The van der Waals surface area contributed by atoms with Crippen LogP contribution in [0.15, 0.2) is 18.2 Å². The van der Waals surface area contributed by atoms with Crippen LogP contribution in [0.4, 0.5) is 18.9 Å². The molecule has 1 aromatic carbocycles. The number of carboxylic acid groups (broad SMARTS) is 1. The van der Waals surface area contributed by atoms with E-state index in [1.807, 2.05) is 0 Å². The molecule has 1 aromatic rings. The van der Waals surface area contributed by atoms with Crippen LogP contribution in [0, 0.1) is 0 Å².